The summed E-state index contributed by atoms with van der Waals surface area (Å²) in [6.45, 7) is 0. The summed E-state index contributed by atoms with van der Waals surface area (Å²) in [6.07, 6.45) is 0. The second kappa shape index (κ2) is 5.45. The summed E-state index contributed by atoms with van der Waals surface area (Å²) in [7, 11) is 0. The van der Waals surface area contributed by atoms with Crippen molar-refractivity contribution in [3.05, 3.63) is 50.4 Å². The molecule has 2 aromatic carbocycles. The molecule has 0 atom stereocenters. The summed E-state index contributed by atoms with van der Waals surface area (Å²) in [5.41, 5.74) is 6.12. The van der Waals surface area contributed by atoms with E-state index in [1.807, 2.05) is 0 Å². The molecule has 2 rings (SSSR count). The summed E-state index contributed by atoms with van der Waals surface area (Å²) in [4.78, 5) is 0. The van der Waals surface area contributed by atoms with Gasteiger partial charge >= 0.3 is 0 Å². The monoisotopic (exact) mass is 321 g/mol. The Kier molecular flexibility index (Phi) is 4.13. The lowest BCUT2D eigenvalue weighted by Gasteiger charge is -2.11. The first-order valence-electron chi connectivity index (χ1n) is 4.85. The summed E-state index contributed by atoms with van der Waals surface area (Å²) in [6, 6.07) is 8.09. The number of nitrogens with two attached hydrogens (primary N) is 1. The molecule has 18 heavy (non-hydrogen) atoms. The number of benzene rings is 2. The number of halogens is 4. The van der Waals surface area contributed by atoms with Crippen molar-refractivity contribution < 1.29 is 4.74 Å². The molecule has 0 bridgehead atoms. The van der Waals surface area contributed by atoms with Gasteiger partial charge in [0.1, 0.15) is 5.75 Å². The van der Waals surface area contributed by atoms with Gasteiger partial charge in [-0.2, -0.15) is 0 Å². The van der Waals surface area contributed by atoms with Crippen molar-refractivity contribution in [3.63, 3.8) is 0 Å². The molecule has 0 heterocycles. The summed E-state index contributed by atoms with van der Waals surface area (Å²) in [5, 5.41) is 1.44. The molecule has 2 aromatic rings. The zero-order chi connectivity index (χ0) is 13.3. The van der Waals surface area contributed by atoms with Crippen LogP contribution in [-0.2, 0) is 0 Å². The number of hydrogen-bond donors (Lipinski definition) is 1. The van der Waals surface area contributed by atoms with Gasteiger partial charge in [0, 0.05) is 6.07 Å². The first-order chi connectivity index (χ1) is 8.49. The lowest BCUT2D eigenvalue weighted by molar-refractivity contribution is 0.485. The number of nitrogen functional groups attached to an aromatic ring is 1. The van der Waals surface area contributed by atoms with E-state index in [1.165, 1.54) is 12.1 Å². The molecule has 0 aliphatic rings. The highest BCUT2D eigenvalue weighted by Gasteiger charge is 2.11. The van der Waals surface area contributed by atoms with Crippen LogP contribution in [0.2, 0.25) is 20.1 Å². The van der Waals surface area contributed by atoms with Gasteiger partial charge in [-0.1, -0.05) is 52.5 Å². The van der Waals surface area contributed by atoms with Crippen LogP contribution >= 0.6 is 46.4 Å². The minimum Gasteiger partial charge on any atom is -0.454 e. The standard InChI is InChI=1S/C12H7Cl4NO/c13-6-2-1-3-10(12(6)17)18-11-5-8(15)7(14)4-9(11)16/h1-5H,17H2. The van der Waals surface area contributed by atoms with Crippen molar-refractivity contribution in [2.24, 2.45) is 0 Å². The van der Waals surface area contributed by atoms with Crippen molar-refractivity contribution in [3.8, 4) is 11.5 Å². The zero-order valence-electron chi connectivity index (χ0n) is 8.88. The Labute approximate surface area is 124 Å². The van der Waals surface area contributed by atoms with Crippen LogP contribution in [0.3, 0.4) is 0 Å². The zero-order valence-corrected chi connectivity index (χ0v) is 11.9. The third-order valence-electron chi connectivity index (χ3n) is 2.21. The van der Waals surface area contributed by atoms with Crippen LogP contribution in [0.1, 0.15) is 0 Å². The van der Waals surface area contributed by atoms with Crippen LogP contribution in [0.15, 0.2) is 30.3 Å². The Balaban J connectivity index is 2.40. The van der Waals surface area contributed by atoms with Gasteiger partial charge in [-0.05, 0) is 18.2 Å². The predicted octanol–water partition coefficient (Wildman–Crippen LogP) is 5.67. The van der Waals surface area contributed by atoms with E-state index in [2.05, 4.69) is 0 Å². The fourth-order valence-corrected chi connectivity index (χ4v) is 2.05. The van der Waals surface area contributed by atoms with E-state index in [0.717, 1.165) is 0 Å². The Morgan fingerprint density at radius 1 is 0.778 bits per heavy atom. The third kappa shape index (κ3) is 2.78. The Morgan fingerprint density at radius 3 is 2.17 bits per heavy atom. The lowest BCUT2D eigenvalue weighted by Crippen LogP contribution is -1.93. The van der Waals surface area contributed by atoms with E-state index in [1.54, 1.807) is 18.2 Å². The average molecular weight is 323 g/mol. The normalized spacial score (nSPS) is 10.4. The molecule has 0 saturated carbocycles. The van der Waals surface area contributed by atoms with Gasteiger partial charge in [-0.3, -0.25) is 0 Å². The maximum absolute atomic E-state index is 6.00. The van der Waals surface area contributed by atoms with Crippen LogP contribution < -0.4 is 10.5 Å². The maximum Gasteiger partial charge on any atom is 0.151 e. The van der Waals surface area contributed by atoms with E-state index in [9.17, 15) is 0 Å². The lowest BCUT2D eigenvalue weighted by atomic mass is 10.3. The number of rotatable bonds is 2. The van der Waals surface area contributed by atoms with Crippen molar-refractivity contribution in [1.29, 1.82) is 0 Å². The second-order valence-corrected chi connectivity index (χ2v) is 5.08. The summed E-state index contributed by atoms with van der Waals surface area (Å²) < 4.78 is 5.57. The molecule has 94 valence electrons. The molecule has 2 nitrogen and oxygen atoms in total. The Morgan fingerprint density at radius 2 is 1.44 bits per heavy atom. The highest BCUT2D eigenvalue weighted by Crippen LogP contribution is 2.39. The highest BCUT2D eigenvalue weighted by molar-refractivity contribution is 6.43. The molecule has 6 heteroatoms. The number of anilines is 1. The Bertz CT molecular complexity index is 601. The summed E-state index contributed by atoms with van der Waals surface area (Å²) >= 11 is 23.6. The Hall–Kier alpha value is -0.800. The third-order valence-corrected chi connectivity index (χ3v) is 3.55. The SMILES string of the molecule is Nc1c(Cl)cccc1Oc1cc(Cl)c(Cl)cc1Cl. The number of ether oxygens (including phenoxy) is 1. The van der Waals surface area contributed by atoms with E-state index >= 15 is 0 Å². The number of hydrogen-bond acceptors (Lipinski definition) is 2. The molecular weight excluding hydrogens is 316 g/mol. The van der Waals surface area contributed by atoms with Crippen LogP contribution in [0.4, 0.5) is 5.69 Å². The van der Waals surface area contributed by atoms with E-state index in [-0.39, 0.29) is 0 Å². The molecule has 0 amide bonds. The van der Waals surface area contributed by atoms with Crippen LogP contribution in [-0.4, -0.2) is 0 Å². The van der Waals surface area contributed by atoms with E-state index in [0.29, 0.717) is 37.3 Å². The fraction of sp³-hybridized carbons (Fsp3) is 0. The second-order valence-electron chi connectivity index (χ2n) is 3.45. The average Bonchev–Trinajstić information content (AvgIpc) is 2.32. The van der Waals surface area contributed by atoms with Crippen molar-refractivity contribution in [2.45, 2.75) is 0 Å². The van der Waals surface area contributed by atoms with Gasteiger partial charge in [0.25, 0.3) is 0 Å². The minimum atomic E-state index is 0.335. The molecule has 0 aliphatic carbocycles. The molecule has 0 aliphatic heterocycles. The first-order valence-corrected chi connectivity index (χ1v) is 6.36. The molecule has 0 unspecified atom stereocenters. The topological polar surface area (TPSA) is 35.2 Å². The highest BCUT2D eigenvalue weighted by atomic mass is 35.5. The van der Waals surface area contributed by atoms with Crippen LogP contribution in [0, 0.1) is 0 Å². The molecule has 0 radical (unpaired) electrons. The number of para-hydroxylation sites is 1. The van der Waals surface area contributed by atoms with Gasteiger partial charge in [0.05, 0.1) is 25.8 Å². The van der Waals surface area contributed by atoms with Crippen LogP contribution in [0.5, 0.6) is 11.5 Å². The van der Waals surface area contributed by atoms with Crippen molar-refractivity contribution >= 4 is 52.1 Å². The first kappa shape index (κ1) is 13.6. The van der Waals surface area contributed by atoms with Gasteiger partial charge in [-0.15, -0.1) is 0 Å². The largest absolute Gasteiger partial charge is 0.454 e. The molecule has 0 saturated heterocycles. The summed E-state index contributed by atoms with van der Waals surface area (Å²) in [5.74, 6) is 0.767. The van der Waals surface area contributed by atoms with Gasteiger partial charge in [-0.25, -0.2) is 0 Å². The fourth-order valence-electron chi connectivity index (χ4n) is 1.31. The smallest absolute Gasteiger partial charge is 0.151 e. The van der Waals surface area contributed by atoms with Crippen molar-refractivity contribution in [2.75, 3.05) is 5.73 Å². The van der Waals surface area contributed by atoms with Crippen LogP contribution in [0.25, 0.3) is 0 Å². The molecule has 0 fully saturated rings. The molecule has 2 N–H and O–H groups in total. The maximum atomic E-state index is 6.00. The van der Waals surface area contributed by atoms with Gasteiger partial charge in [0.15, 0.2) is 5.75 Å². The molecule has 0 spiro atoms. The van der Waals surface area contributed by atoms with Gasteiger partial charge in [0.2, 0.25) is 0 Å². The molecular formula is C12H7Cl4NO. The van der Waals surface area contributed by atoms with Crippen molar-refractivity contribution in [1.82, 2.24) is 0 Å². The van der Waals surface area contributed by atoms with E-state index < -0.39 is 0 Å². The predicted molar refractivity (Wildman–Crippen MR) is 77.4 cm³/mol. The molecule has 0 aromatic heterocycles. The van der Waals surface area contributed by atoms with Gasteiger partial charge < -0.3 is 10.5 Å². The minimum absolute atomic E-state index is 0.335. The van der Waals surface area contributed by atoms with E-state index in [4.69, 9.17) is 56.9 Å². The quantitative estimate of drug-likeness (QED) is 0.570.